The minimum Gasteiger partial charge on any atom is -0.458 e. The number of hydrogen-bond donors (Lipinski definition) is 1. The highest BCUT2D eigenvalue weighted by atomic mass is 28.4. The summed E-state index contributed by atoms with van der Waals surface area (Å²) in [5.41, 5.74) is -4.94. The Morgan fingerprint density at radius 1 is 1.14 bits per heavy atom. The van der Waals surface area contributed by atoms with Gasteiger partial charge in [-0.1, -0.05) is 20.8 Å². The lowest BCUT2D eigenvalue weighted by Gasteiger charge is -2.66. The Labute approximate surface area is 209 Å². The molecule has 0 heterocycles. The van der Waals surface area contributed by atoms with E-state index in [1.54, 1.807) is 0 Å². The van der Waals surface area contributed by atoms with Crippen LogP contribution in [0.2, 0.25) is 19.6 Å². The van der Waals surface area contributed by atoms with Crippen molar-refractivity contribution in [2.24, 2.45) is 34.5 Å². The maximum atomic E-state index is 18.1. The summed E-state index contributed by atoms with van der Waals surface area (Å²) < 4.78 is 29.7. The maximum Gasteiger partial charge on any atom is 0.303 e. The molecule has 4 saturated carbocycles. The number of carbonyl (C=O) groups is 3. The van der Waals surface area contributed by atoms with Crippen LogP contribution in [-0.4, -0.2) is 54.9 Å². The first-order valence-electron chi connectivity index (χ1n) is 13.3. The number of ketones is 2. The number of rotatable bonds is 5. The third-order valence-electron chi connectivity index (χ3n) is 10.4. The van der Waals surface area contributed by atoms with Crippen LogP contribution in [0.25, 0.3) is 0 Å². The fraction of sp³-hybridized carbons (Fsp3) is 0.889. The summed E-state index contributed by atoms with van der Waals surface area (Å²) in [6.45, 7) is 12.7. The van der Waals surface area contributed by atoms with E-state index in [1.165, 1.54) is 6.92 Å². The van der Waals surface area contributed by atoms with Crippen LogP contribution >= 0.6 is 0 Å². The van der Waals surface area contributed by atoms with E-state index < -0.39 is 60.8 Å². The molecule has 0 aromatic heterocycles. The van der Waals surface area contributed by atoms with E-state index in [0.29, 0.717) is 32.1 Å². The first kappa shape index (κ1) is 26.9. The first-order chi connectivity index (χ1) is 16.0. The second-order valence-corrected chi connectivity index (χ2v) is 17.8. The molecule has 4 aliphatic rings. The average Bonchev–Trinajstić information content (AvgIpc) is 2.94. The topological polar surface area (TPSA) is 89.9 Å². The predicted octanol–water partition coefficient (Wildman–Crippen LogP) is 4.63. The molecule has 0 spiro atoms. The molecule has 0 amide bonds. The Kier molecular flexibility index (Phi) is 6.50. The van der Waals surface area contributed by atoms with Gasteiger partial charge in [0.1, 0.15) is 17.1 Å². The molecule has 0 aromatic carbocycles. The van der Waals surface area contributed by atoms with Gasteiger partial charge in [-0.3, -0.25) is 14.4 Å². The van der Waals surface area contributed by atoms with Crippen LogP contribution in [0.1, 0.15) is 72.6 Å². The Balaban J connectivity index is 1.81. The first-order valence-corrected chi connectivity index (χ1v) is 16.7. The maximum absolute atomic E-state index is 18.1. The zero-order valence-electron chi connectivity index (χ0n) is 22.4. The zero-order valence-corrected chi connectivity index (χ0v) is 23.4. The molecule has 35 heavy (non-hydrogen) atoms. The van der Waals surface area contributed by atoms with Gasteiger partial charge in [-0.25, -0.2) is 4.39 Å². The van der Waals surface area contributed by atoms with E-state index in [1.807, 2.05) is 40.4 Å². The molecule has 0 radical (unpaired) electrons. The number of alkyl halides is 1. The lowest BCUT2D eigenvalue weighted by Crippen LogP contribution is -2.72. The molecule has 6 nitrogen and oxygen atoms in total. The SMILES string of the molecule is CC(=O)OCC(=O)[C@@]1(O)[C@@H](C)C[C@H]2[C@@H]3CC[C@H]4CC(=O)CC[C@]4(C)[C@@]3(F)[C@@H](O[Si](C)(C)C)C[C@@]21C. The fourth-order valence-electron chi connectivity index (χ4n) is 8.78. The van der Waals surface area contributed by atoms with Gasteiger partial charge in [0, 0.05) is 30.6 Å². The van der Waals surface area contributed by atoms with E-state index in [0.717, 1.165) is 6.42 Å². The summed E-state index contributed by atoms with van der Waals surface area (Å²) in [5.74, 6) is -1.83. The van der Waals surface area contributed by atoms with E-state index in [9.17, 15) is 19.5 Å². The molecule has 0 aromatic rings. The van der Waals surface area contributed by atoms with Crippen LogP contribution in [-0.2, 0) is 23.5 Å². The summed E-state index contributed by atoms with van der Waals surface area (Å²) in [5, 5.41) is 12.1. The molecular formula is C27H43FO6Si. The van der Waals surface area contributed by atoms with Gasteiger partial charge in [0.05, 0.1) is 6.10 Å². The third-order valence-corrected chi connectivity index (χ3v) is 11.4. The summed E-state index contributed by atoms with van der Waals surface area (Å²) in [6.07, 6.45) is 2.75. The highest BCUT2D eigenvalue weighted by molar-refractivity contribution is 6.69. The highest BCUT2D eigenvalue weighted by Gasteiger charge is 2.77. The zero-order chi connectivity index (χ0) is 26.2. The van der Waals surface area contributed by atoms with Crippen LogP contribution in [0.4, 0.5) is 4.39 Å². The van der Waals surface area contributed by atoms with Gasteiger partial charge in [-0.05, 0) is 75.4 Å². The molecule has 8 heteroatoms. The third kappa shape index (κ3) is 3.80. The monoisotopic (exact) mass is 510 g/mol. The molecule has 4 fully saturated rings. The largest absolute Gasteiger partial charge is 0.458 e. The van der Waals surface area contributed by atoms with E-state index in [2.05, 4.69) is 0 Å². The van der Waals surface area contributed by atoms with Crippen LogP contribution in [0, 0.1) is 34.5 Å². The quantitative estimate of drug-likeness (QED) is 0.428. The van der Waals surface area contributed by atoms with Crippen molar-refractivity contribution in [2.45, 2.75) is 110 Å². The molecular weight excluding hydrogens is 467 g/mol. The average molecular weight is 511 g/mol. The van der Waals surface area contributed by atoms with Crippen LogP contribution in [0.3, 0.4) is 0 Å². The fourth-order valence-corrected chi connectivity index (χ4v) is 9.88. The smallest absolute Gasteiger partial charge is 0.303 e. The minimum atomic E-state index is -2.21. The summed E-state index contributed by atoms with van der Waals surface area (Å²) in [7, 11) is -2.21. The number of Topliss-reactive ketones (excluding diaryl/α,β-unsaturated/α-hetero) is 2. The molecule has 4 aliphatic carbocycles. The molecule has 198 valence electrons. The second-order valence-electron chi connectivity index (χ2n) is 13.4. The van der Waals surface area contributed by atoms with Crippen LogP contribution in [0.5, 0.6) is 0 Å². The molecule has 4 rings (SSSR count). The van der Waals surface area contributed by atoms with Gasteiger partial charge < -0.3 is 14.3 Å². The molecule has 9 atom stereocenters. The van der Waals surface area contributed by atoms with Crippen molar-refractivity contribution in [1.29, 1.82) is 0 Å². The van der Waals surface area contributed by atoms with Gasteiger partial charge in [0.2, 0.25) is 5.78 Å². The van der Waals surface area contributed by atoms with Crippen molar-refractivity contribution in [2.75, 3.05) is 6.61 Å². The van der Waals surface area contributed by atoms with Gasteiger partial charge >= 0.3 is 5.97 Å². The normalized spacial score (nSPS) is 47.5. The number of esters is 1. The summed E-state index contributed by atoms with van der Waals surface area (Å²) in [4.78, 5) is 37.1. The van der Waals surface area contributed by atoms with Crippen molar-refractivity contribution in [1.82, 2.24) is 0 Å². The number of ether oxygens (including phenoxy) is 1. The Bertz CT molecular complexity index is 918. The number of carbonyl (C=O) groups excluding carboxylic acids is 3. The number of halogens is 1. The van der Waals surface area contributed by atoms with Crippen LogP contribution < -0.4 is 0 Å². The van der Waals surface area contributed by atoms with Gasteiger partial charge in [-0.15, -0.1) is 0 Å². The Morgan fingerprint density at radius 3 is 2.40 bits per heavy atom. The van der Waals surface area contributed by atoms with Crippen molar-refractivity contribution in [3.63, 3.8) is 0 Å². The standard InChI is InChI=1S/C27H43FO6Si/c1-16-12-21-20-9-8-18-13-19(30)10-11-24(18,3)26(20,28)23(34-35(5,6)7)14-25(21,4)27(16,32)22(31)15-33-17(2)29/h16,18,20-21,23,32H,8-15H2,1-7H3/t16-,18-,20-,21-,23-,24-,25-,26-,27-/m0/s1. The number of fused-ring (bicyclic) bond motifs is 5. The van der Waals surface area contributed by atoms with E-state index >= 15 is 4.39 Å². The van der Waals surface area contributed by atoms with Crippen molar-refractivity contribution >= 4 is 25.9 Å². The summed E-state index contributed by atoms with van der Waals surface area (Å²) >= 11 is 0. The van der Waals surface area contributed by atoms with Crippen LogP contribution in [0.15, 0.2) is 0 Å². The number of aliphatic hydroxyl groups is 1. The summed E-state index contributed by atoms with van der Waals surface area (Å²) in [6, 6.07) is 0. The second kappa shape index (κ2) is 8.45. The lowest BCUT2D eigenvalue weighted by molar-refractivity contribution is -0.250. The van der Waals surface area contributed by atoms with Gasteiger partial charge in [-0.2, -0.15) is 0 Å². The Hall–Kier alpha value is -1.12. The van der Waals surface area contributed by atoms with Crippen molar-refractivity contribution in [3.8, 4) is 0 Å². The van der Waals surface area contributed by atoms with Crippen molar-refractivity contribution < 1.29 is 33.0 Å². The van der Waals surface area contributed by atoms with E-state index in [4.69, 9.17) is 9.16 Å². The minimum absolute atomic E-state index is 0.00889. The molecule has 0 bridgehead atoms. The predicted molar refractivity (Wildman–Crippen MR) is 132 cm³/mol. The molecule has 0 saturated heterocycles. The van der Waals surface area contributed by atoms with Crippen molar-refractivity contribution in [3.05, 3.63) is 0 Å². The van der Waals surface area contributed by atoms with Gasteiger partial charge in [0.25, 0.3) is 0 Å². The Morgan fingerprint density at radius 2 is 1.80 bits per heavy atom. The molecule has 0 aliphatic heterocycles. The number of hydrogen-bond acceptors (Lipinski definition) is 6. The molecule has 1 N–H and O–H groups in total. The molecule has 0 unspecified atom stereocenters. The van der Waals surface area contributed by atoms with E-state index in [-0.39, 0.29) is 30.0 Å². The highest BCUT2D eigenvalue weighted by Crippen LogP contribution is 2.72. The lowest BCUT2D eigenvalue weighted by atomic mass is 9.42. The van der Waals surface area contributed by atoms with Gasteiger partial charge in [0.15, 0.2) is 14.9 Å².